The molecule has 26 heavy (non-hydrogen) atoms. The highest BCUT2D eigenvalue weighted by atomic mass is 35.5. The molecule has 2 aromatic rings. The summed E-state index contributed by atoms with van der Waals surface area (Å²) in [5.74, 6) is 1.91. The zero-order valence-electron chi connectivity index (χ0n) is 14.6. The van der Waals surface area contributed by atoms with Crippen molar-refractivity contribution in [2.75, 3.05) is 31.6 Å². The molecule has 1 heterocycles. The number of ether oxygens (including phenoxy) is 3. The van der Waals surface area contributed by atoms with Gasteiger partial charge in [-0.3, -0.25) is 4.98 Å². The zero-order valence-corrected chi connectivity index (χ0v) is 16.9. The molecule has 144 valence electrons. The van der Waals surface area contributed by atoms with Crippen LogP contribution >= 0.6 is 34.8 Å². The van der Waals surface area contributed by atoms with Crippen molar-refractivity contribution < 1.29 is 14.2 Å². The van der Waals surface area contributed by atoms with Gasteiger partial charge in [0.15, 0.2) is 6.29 Å². The van der Waals surface area contributed by atoms with Gasteiger partial charge in [-0.25, -0.2) is 0 Å². The third-order valence-electron chi connectivity index (χ3n) is 3.72. The number of rotatable bonds is 13. The second-order valence-electron chi connectivity index (χ2n) is 5.72. The minimum Gasteiger partial charge on any atom is -0.486 e. The Balaban J connectivity index is 1.95. The van der Waals surface area contributed by atoms with Crippen LogP contribution in [-0.4, -0.2) is 42.9 Å². The fourth-order valence-corrected chi connectivity index (χ4v) is 2.95. The smallest absolute Gasteiger partial charge is 0.191 e. The Morgan fingerprint density at radius 3 is 2.27 bits per heavy atom. The first-order valence-electron chi connectivity index (χ1n) is 8.77. The van der Waals surface area contributed by atoms with Crippen molar-refractivity contribution in [3.8, 4) is 5.75 Å². The van der Waals surface area contributed by atoms with Crippen molar-refractivity contribution in [1.82, 2.24) is 4.98 Å². The number of aromatic nitrogens is 1. The van der Waals surface area contributed by atoms with Gasteiger partial charge in [-0.05, 0) is 49.9 Å². The van der Waals surface area contributed by atoms with Crippen LogP contribution in [0.2, 0.25) is 5.02 Å². The van der Waals surface area contributed by atoms with Gasteiger partial charge in [0.05, 0.1) is 5.02 Å². The van der Waals surface area contributed by atoms with Crippen LogP contribution in [0.5, 0.6) is 5.75 Å². The summed E-state index contributed by atoms with van der Waals surface area (Å²) in [7, 11) is 0. The van der Waals surface area contributed by atoms with Crippen LogP contribution in [0.4, 0.5) is 0 Å². The SMILES string of the molecule is ClCCCCOC(COc1ccc(Cl)c2cccnc12)OCCCCCl. The Bertz CT molecular complexity index is 645. The molecule has 0 aliphatic carbocycles. The predicted octanol–water partition coefficient (Wildman–Crippen LogP) is 5.66. The summed E-state index contributed by atoms with van der Waals surface area (Å²) in [5.41, 5.74) is 0.725. The van der Waals surface area contributed by atoms with Crippen LogP contribution in [0.3, 0.4) is 0 Å². The number of halogens is 3. The van der Waals surface area contributed by atoms with Gasteiger partial charge in [-0.15, -0.1) is 23.2 Å². The molecule has 0 amide bonds. The standard InChI is InChI=1S/C19H24Cl3NO3/c20-9-1-3-12-24-18(25-13-4-2-10-21)14-26-17-8-7-16(22)15-6-5-11-23-19(15)17/h5-8,11,18H,1-4,9-10,12-14H2. The van der Waals surface area contributed by atoms with E-state index >= 15 is 0 Å². The molecule has 0 unspecified atom stereocenters. The molecule has 1 aromatic heterocycles. The van der Waals surface area contributed by atoms with E-state index < -0.39 is 6.29 Å². The van der Waals surface area contributed by atoms with Crippen molar-refractivity contribution >= 4 is 45.7 Å². The van der Waals surface area contributed by atoms with E-state index in [0.717, 1.165) is 36.6 Å². The molecule has 0 fully saturated rings. The maximum Gasteiger partial charge on any atom is 0.191 e. The van der Waals surface area contributed by atoms with Gasteiger partial charge in [0.1, 0.15) is 17.9 Å². The minimum atomic E-state index is -0.449. The van der Waals surface area contributed by atoms with Crippen molar-refractivity contribution in [2.24, 2.45) is 0 Å². The average Bonchev–Trinajstić information content (AvgIpc) is 2.67. The number of hydrogen-bond acceptors (Lipinski definition) is 4. The lowest BCUT2D eigenvalue weighted by molar-refractivity contribution is -0.159. The van der Waals surface area contributed by atoms with Crippen LogP contribution in [0, 0.1) is 0 Å². The van der Waals surface area contributed by atoms with E-state index in [9.17, 15) is 0 Å². The number of fused-ring (bicyclic) bond motifs is 1. The highest BCUT2D eigenvalue weighted by Gasteiger charge is 2.13. The second kappa shape index (κ2) is 12.6. The van der Waals surface area contributed by atoms with Crippen LogP contribution in [-0.2, 0) is 9.47 Å². The van der Waals surface area contributed by atoms with Gasteiger partial charge in [0, 0.05) is 36.6 Å². The van der Waals surface area contributed by atoms with Gasteiger partial charge < -0.3 is 14.2 Å². The first-order valence-corrected chi connectivity index (χ1v) is 10.2. The highest BCUT2D eigenvalue weighted by molar-refractivity contribution is 6.35. The van der Waals surface area contributed by atoms with Crippen molar-refractivity contribution in [2.45, 2.75) is 32.0 Å². The molecule has 0 N–H and O–H groups in total. The number of alkyl halides is 2. The summed E-state index contributed by atoms with van der Waals surface area (Å²) in [5, 5.41) is 1.50. The topological polar surface area (TPSA) is 40.6 Å². The largest absolute Gasteiger partial charge is 0.486 e. The van der Waals surface area contributed by atoms with Crippen LogP contribution in [0.15, 0.2) is 30.5 Å². The first-order chi connectivity index (χ1) is 12.8. The molecule has 7 heteroatoms. The highest BCUT2D eigenvalue weighted by Crippen LogP contribution is 2.29. The number of benzene rings is 1. The lowest BCUT2D eigenvalue weighted by Gasteiger charge is -2.19. The molecule has 0 atom stereocenters. The normalized spacial score (nSPS) is 11.4. The lowest BCUT2D eigenvalue weighted by atomic mass is 10.2. The van der Waals surface area contributed by atoms with Crippen LogP contribution in [0.25, 0.3) is 10.9 Å². The van der Waals surface area contributed by atoms with E-state index in [4.69, 9.17) is 49.0 Å². The maximum atomic E-state index is 6.22. The number of nitrogens with zero attached hydrogens (tertiary/aromatic N) is 1. The second-order valence-corrected chi connectivity index (χ2v) is 6.88. The van der Waals surface area contributed by atoms with Gasteiger partial charge in [-0.1, -0.05) is 11.6 Å². The van der Waals surface area contributed by atoms with Gasteiger partial charge >= 0.3 is 0 Å². The molecule has 0 aliphatic heterocycles. The average molecular weight is 421 g/mol. The predicted molar refractivity (Wildman–Crippen MR) is 108 cm³/mol. The molecule has 0 saturated heterocycles. The number of unbranched alkanes of at least 4 members (excludes halogenated alkanes) is 2. The van der Waals surface area contributed by atoms with E-state index in [1.54, 1.807) is 12.3 Å². The zero-order chi connectivity index (χ0) is 18.6. The Hall–Kier alpha value is -0.780. The molecule has 1 aromatic carbocycles. The van der Waals surface area contributed by atoms with Crippen molar-refractivity contribution in [1.29, 1.82) is 0 Å². The molecule has 0 saturated carbocycles. The lowest BCUT2D eigenvalue weighted by Crippen LogP contribution is -2.26. The maximum absolute atomic E-state index is 6.22. The monoisotopic (exact) mass is 419 g/mol. The van der Waals surface area contributed by atoms with Crippen molar-refractivity contribution in [3.63, 3.8) is 0 Å². The third-order valence-corrected chi connectivity index (χ3v) is 4.58. The van der Waals surface area contributed by atoms with Crippen molar-refractivity contribution in [3.05, 3.63) is 35.5 Å². The number of pyridine rings is 1. The molecule has 0 radical (unpaired) electrons. The Morgan fingerprint density at radius 2 is 1.62 bits per heavy atom. The molecular weight excluding hydrogens is 397 g/mol. The minimum absolute atomic E-state index is 0.273. The summed E-state index contributed by atoms with van der Waals surface area (Å²) in [6.07, 6.45) is 4.86. The summed E-state index contributed by atoms with van der Waals surface area (Å²) in [6.45, 7) is 1.43. The van der Waals surface area contributed by atoms with E-state index in [1.807, 2.05) is 18.2 Å². The molecule has 4 nitrogen and oxygen atoms in total. The van der Waals surface area contributed by atoms with E-state index in [0.29, 0.717) is 35.7 Å². The summed E-state index contributed by atoms with van der Waals surface area (Å²) in [6, 6.07) is 7.38. The molecular formula is C19H24Cl3NO3. The Labute approximate surface area is 169 Å². The third kappa shape index (κ3) is 7.09. The fourth-order valence-electron chi connectivity index (χ4n) is 2.35. The quantitative estimate of drug-likeness (QED) is 0.238. The molecule has 0 aliphatic rings. The Kier molecular flexibility index (Phi) is 10.4. The summed E-state index contributed by atoms with van der Waals surface area (Å²) >= 11 is 17.6. The number of hydrogen-bond donors (Lipinski definition) is 0. The molecule has 2 rings (SSSR count). The van der Waals surface area contributed by atoms with Crippen LogP contribution < -0.4 is 4.74 Å². The Morgan fingerprint density at radius 1 is 0.923 bits per heavy atom. The first kappa shape index (κ1) is 21.5. The van der Waals surface area contributed by atoms with Gasteiger partial charge in [-0.2, -0.15) is 0 Å². The van der Waals surface area contributed by atoms with E-state index in [2.05, 4.69) is 4.98 Å². The summed E-state index contributed by atoms with van der Waals surface area (Å²) < 4.78 is 17.5. The van der Waals surface area contributed by atoms with Gasteiger partial charge in [0.2, 0.25) is 0 Å². The van der Waals surface area contributed by atoms with Gasteiger partial charge in [0.25, 0.3) is 0 Å². The van der Waals surface area contributed by atoms with E-state index in [1.165, 1.54) is 0 Å². The molecule has 0 bridgehead atoms. The van der Waals surface area contributed by atoms with E-state index in [-0.39, 0.29) is 6.61 Å². The molecule has 0 spiro atoms. The fraction of sp³-hybridized carbons (Fsp3) is 0.526. The van der Waals surface area contributed by atoms with Crippen LogP contribution in [0.1, 0.15) is 25.7 Å². The summed E-state index contributed by atoms with van der Waals surface area (Å²) in [4.78, 5) is 4.37.